The number of halogens is 1. The molecule has 19 heavy (non-hydrogen) atoms. The predicted molar refractivity (Wildman–Crippen MR) is 78.8 cm³/mol. The van der Waals surface area contributed by atoms with Gasteiger partial charge in [0.15, 0.2) is 0 Å². The lowest BCUT2D eigenvalue weighted by molar-refractivity contribution is -0.147. The summed E-state index contributed by atoms with van der Waals surface area (Å²) in [6.07, 6.45) is 0. The lowest BCUT2D eigenvalue weighted by Gasteiger charge is -2.45. The molecule has 1 aliphatic heterocycles. The number of β-lactam (4-membered cyclic amide) rings is 1. The smallest absolute Gasteiger partial charge is 0.232 e. The Morgan fingerprint density at radius 1 is 1.00 bits per heavy atom. The number of likely N-dealkylation sites (tertiary alicyclic amines) is 1. The van der Waals surface area contributed by atoms with Crippen LogP contribution in [0.3, 0.4) is 0 Å². The molecule has 1 heterocycles. The topological polar surface area (TPSA) is 20.3 Å². The van der Waals surface area contributed by atoms with E-state index in [0.717, 1.165) is 10.0 Å². The average molecular weight is 316 g/mol. The Kier molecular flexibility index (Phi) is 3.15. The number of benzene rings is 2. The molecule has 0 aromatic heterocycles. The highest BCUT2D eigenvalue weighted by atomic mass is 79.9. The van der Waals surface area contributed by atoms with Crippen molar-refractivity contribution >= 4 is 21.8 Å². The van der Waals surface area contributed by atoms with Crippen LogP contribution in [0.4, 0.5) is 0 Å². The molecule has 0 radical (unpaired) electrons. The molecule has 0 saturated carbocycles. The lowest BCUT2D eigenvalue weighted by Crippen LogP contribution is -2.50. The van der Waals surface area contributed by atoms with E-state index < -0.39 is 0 Å². The number of hydrogen-bond acceptors (Lipinski definition) is 1. The van der Waals surface area contributed by atoms with Crippen molar-refractivity contribution in [2.45, 2.75) is 12.0 Å². The largest absolute Gasteiger partial charge is 0.337 e. The first-order valence-corrected chi connectivity index (χ1v) is 7.05. The van der Waals surface area contributed by atoms with E-state index in [0.29, 0.717) is 0 Å². The lowest BCUT2D eigenvalue weighted by atomic mass is 9.78. The average Bonchev–Trinajstić information content (AvgIpc) is 2.46. The third kappa shape index (κ3) is 1.98. The van der Waals surface area contributed by atoms with E-state index >= 15 is 0 Å². The molecule has 1 amide bonds. The highest BCUT2D eigenvalue weighted by molar-refractivity contribution is 9.10. The van der Waals surface area contributed by atoms with Gasteiger partial charge in [0, 0.05) is 11.5 Å². The minimum absolute atomic E-state index is 0.0806. The Hall–Kier alpha value is -1.61. The summed E-state index contributed by atoms with van der Waals surface area (Å²) in [5.74, 6) is 0.101. The summed E-state index contributed by atoms with van der Waals surface area (Å²) in [5, 5.41) is 0. The van der Waals surface area contributed by atoms with Crippen molar-refractivity contribution in [1.29, 1.82) is 0 Å². The van der Waals surface area contributed by atoms with Crippen molar-refractivity contribution in [2.75, 3.05) is 7.05 Å². The van der Waals surface area contributed by atoms with Crippen molar-refractivity contribution < 1.29 is 4.79 Å². The van der Waals surface area contributed by atoms with Crippen LogP contribution in [-0.2, 0) is 4.79 Å². The first kappa shape index (κ1) is 12.4. The Morgan fingerprint density at radius 3 is 2.32 bits per heavy atom. The minimum atomic E-state index is -0.0806. The zero-order valence-electron chi connectivity index (χ0n) is 10.6. The van der Waals surface area contributed by atoms with Crippen molar-refractivity contribution in [3.8, 4) is 0 Å². The fourth-order valence-electron chi connectivity index (χ4n) is 2.73. The normalized spacial score (nSPS) is 22.2. The summed E-state index contributed by atoms with van der Waals surface area (Å²) in [7, 11) is 1.87. The van der Waals surface area contributed by atoms with Crippen molar-refractivity contribution in [1.82, 2.24) is 4.90 Å². The van der Waals surface area contributed by atoms with Crippen LogP contribution in [0.15, 0.2) is 59.1 Å². The molecule has 3 heteroatoms. The SMILES string of the molecule is CN1C(=O)[C@H](c2ccccc2Br)[C@H]1c1ccccc1. The van der Waals surface area contributed by atoms with Gasteiger partial charge in [-0.2, -0.15) is 0 Å². The monoisotopic (exact) mass is 315 g/mol. The number of likely N-dealkylation sites (N-methyl/N-ethyl adjacent to an activating group) is 1. The highest BCUT2D eigenvalue weighted by Crippen LogP contribution is 2.46. The number of rotatable bonds is 2. The second kappa shape index (κ2) is 4.82. The molecule has 0 aliphatic carbocycles. The maximum Gasteiger partial charge on any atom is 0.232 e. The standard InChI is InChI=1S/C16H14BrNO/c1-18-15(11-7-3-2-4-8-11)14(16(18)19)12-9-5-6-10-13(12)17/h2-10,14-15H,1H3/t14-,15-/m1/s1. The molecule has 96 valence electrons. The van der Waals surface area contributed by atoms with Crippen LogP contribution in [0.2, 0.25) is 0 Å². The highest BCUT2D eigenvalue weighted by Gasteiger charge is 2.47. The molecule has 2 atom stereocenters. The maximum atomic E-state index is 12.2. The molecule has 0 unspecified atom stereocenters. The van der Waals surface area contributed by atoms with Gasteiger partial charge in [0.05, 0.1) is 12.0 Å². The van der Waals surface area contributed by atoms with Crippen molar-refractivity contribution in [3.63, 3.8) is 0 Å². The van der Waals surface area contributed by atoms with Crippen molar-refractivity contribution in [2.24, 2.45) is 0 Å². The van der Waals surface area contributed by atoms with Gasteiger partial charge in [0.25, 0.3) is 0 Å². The Bertz CT molecular complexity index is 611. The molecule has 0 bridgehead atoms. The molecule has 2 aromatic rings. The molecule has 0 spiro atoms. The van der Waals surface area contributed by atoms with E-state index in [2.05, 4.69) is 28.1 Å². The summed E-state index contributed by atoms with van der Waals surface area (Å²) in [5.41, 5.74) is 2.25. The van der Waals surface area contributed by atoms with E-state index in [-0.39, 0.29) is 17.9 Å². The van der Waals surface area contributed by atoms with Crippen LogP contribution in [0.1, 0.15) is 23.1 Å². The van der Waals surface area contributed by atoms with E-state index in [1.54, 1.807) is 0 Å². The van der Waals surface area contributed by atoms with E-state index in [1.807, 2.05) is 54.4 Å². The third-order valence-corrected chi connectivity index (χ3v) is 4.45. The predicted octanol–water partition coefficient (Wildman–Crippen LogP) is 3.75. The molecular formula is C16H14BrNO. The molecule has 1 fully saturated rings. The van der Waals surface area contributed by atoms with Crippen LogP contribution >= 0.6 is 15.9 Å². The van der Waals surface area contributed by atoms with Gasteiger partial charge in [-0.05, 0) is 17.2 Å². The van der Waals surface area contributed by atoms with E-state index in [4.69, 9.17) is 0 Å². The van der Waals surface area contributed by atoms with Crippen LogP contribution in [0, 0.1) is 0 Å². The summed E-state index contributed by atoms with van der Waals surface area (Å²) in [4.78, 5) is 14.0. The first-order chi connectivity index (χ1) is 9.20. The molecule has 1 saturated heterocycles. The number of carbonyl (C=O) groups excluding carboxylic acids is 1. The summed E-state index contributed by atoms with van der Waals surface area (Å²) >= 11 is 3.55. The Labute approximate surface area is 121 Å². The van der Waals surface area contributed by atoms with Gasteiger partial charge in [-0.3, -0.25) is 4.79 Å². The number of hydrogen-bond donors (Lipinski definition) is 0. The van der Waals surface area contributed by atoms with Crippen LogP contribution in [-0.4, -0.2) is 17.9 Å². The summed E-state index contributed by atoms with van der Waals surface area (Å²) < 4.78 is 1.00. The third-order valence-electron chi connectivity index (χ3n) is 3.73. The summed E-state index contributed by atoms with van der Waals surface area (Å²) in [6.45, 7) is 0. The van der Waals surface area contributed by atoms with Crippen molar-refractivity contribution in [3.05, 3.63) is 70.2 Å². The number of nitrogens with zero attached hydrogens (tertiary/aromatic N) is 1. The zero-order valence-corrected chi connectivity index (χ0v) is 12.2. The quantitative estimate of drug-likeness (QED) is 0.773. The fourth-order valence-corrected chi connectivity index (χ4v) is 3.26. The second-order valence-corrected chi connectivity index (χ2v) is 5.66. The number of carbonyl (C=O) groups is 1. The van der Waals surface area contributed by atoms with Crippen LogP contribution < -0.4 is 0 Å². The molecule has 2 nitrogen and oxygen atoms in total. The van der Waals surface area contributed by atoms with Crippen LogP contribution in [0.25, 0.3) is 0 Å². The fraction of sp³-hybridized carbons (Fsp3) is 0.188. The van der Waals surface area contributed by atoms with Gasteiger partial charge in [0.1, 0.15) is 0 Å². The van der Waals surface area contributed by atoms with Gasteiger partial charge >= 0.3 is 0 Å². The van der Waals surface area contributed by atoms with Gasteiger partial charge in [-0.1, -0.05) is 64.5 Å². The van der Waals surface area contributed by atoms with E-state index in [1.165, 1.54) is 5.56 Å². The first-order valence-electron chi connectivity index (χ1n) is 6.26. The molecular weight excluding hydrogens is 302 g/mol. The van der Waals surface area contributed by atoms with Gasteiger partial charge < -0.3 is 4.90 Å². The minimum Gasteiger partial charge on any atom is -0.337 e. The second-order valence-electron chi connectivity index (χ2n) is 4.80. The molecule has 3 rings (SSSR count). The van der Waals surface area contributed by atoms with E-state index in [9.17, 15) is 4.79 Å². The maximum absolute atomic E-state index is 12.2. The van der Waals surface area contributed by atoms with Crippen LogP contribution in [0.5, 0.6) is 0 Å². The summed E-state index contributed by atoms with van der Waals surface area (Å²) in [6, 6.07) is 18.3. The molecule has 2 aromatic carbocycles. The molecule has 1 aliphatic rings. The van der Waals surface area contributed by atoms with Gasteiger partial charge in [-0.15, -0.1) is 0 Å². The zero-order chi connectivity index (χ0) is 13.4. The van der Waals surface area contributed by atoms with Gasteiger partial charge in [0.2, 0.25) is 5.91 Å². The Balaban J connectivity index is 2.01. The Morgan fingerprint density at radius 2 is 1.63 bits per heavy atom. The van der Waals surface area contributed by atoms with Gasteiger partial charge in [-0.25, -0.2) is 0 Å². The number of amides is 1. The molecule has 0 N–H and O–H groups in total.